The lowest BCUT2D eigenvalue weighted by atomic mass is 10.2. The van der Waals surface area contributed by atoms with Crippen LogP contribution >= 0.6 is 0 Å². The van der Waals surface area contributed by atoms with E-state index in [0.717, 1.165) is 12.8 Å². The highest BCUT2D eigenvalue weighted by Crippen LogP contribution is 2.34. The first-order valence-electron chi connectivity index (χ1n) is 8.00. The Labute approximate surface area is 142 Å². The van der Waals surface area contributed by atoms with Crippen LogP contribution in [0.25, 0.3) is 11.0 Å². The maximum atomic E-state index is 12.3. The van der Waals surface area contributed by atoms with Gasteiger partial charge in [0, 0.05) is 18.3 Å². The molecule has 1 saturated heterocycles. The number of nitrogens with one attached hydrogen (secondary N) is 2. The van der Waals surface area contributed by atoms with Gasteiger partial charge in [0.1, 0.15) is 5.65 Å². The van der Waals surface area contributed by atoms with Gasteiger partial charge in [0.15, 0.2) is 9.84 Å². The number of hydrogen-bond acceptors (Lipinski definition) is 6. The number of amides is 1. The molecule has 1 amide bonds. The Morgan fingerprint density at radius 2 is 2.04 bits per heavy atom. The van der Waals surface area contributed by atoms with Gasteiger partial charge in [0.25, 0.3) is 11.5 Å². The molecule has 10 heteroatoms. The van der Waals surface area contributed by atoms with Crippen molar-refractivity contribution in [2.75, 3.05) is 11.5 Å². The largest absolute Gasteiger partial charge is 0.348 e. The average Bonchev–Trinajstić information content (AvgIpc) is 3.31. The summed E-state index contributed by atoms with van der Waals surface area (Å²) in [6.07, 6.45) is 3.37. The smallest absolute Gasteiger partial charge is 0.330 e. The number of sulfone groups is 1. The van der Waals surface area contributed by atoms with Gasteiger partial charge in [-0.25, -0.2) is 18.2 Å². The number of H-pyrrole nitrogens is 1. The summed E-state index contributed by atoms with van der Waals surface area (Å²) in [6, 6.07) is 0.979. The van der Waals surface area contributed by atoms with Crippen molar-refractivity contribution in [2.45, 2.75) is 31.3 Å². The highest BCUT2D eigenvalue weighted by Gasteiger charge is 2.30. The highest BCUT2D eigenvalue weighted by atomic mass is 32.2. The van der Waals surface area contributed by atoms with Gasteiger partial charge in [-0.3, -0.25) is 19.1 Å². The van der Waals surface area contributed by atoms with Crippen LogP contribution in [-0.4, -0.2) is 46.4 Å². The van der Waals surface area contributed by atoms with Crippen LogP contribution in [0, 0.1) is 0 Å². The summed E-state index contributed by atoms with van der Waals surface area (Å²) in [6.45, 7) is 0. The van der Waals surface area contributed by atoms with Crippen LogP contribution < -0.4 is 16.6 Å². The second-order valence-electron chi connectivity index (χ2n) is 6.53. The lowest BCUT2D eigenvalue weighted by molar-refractivity contribution is 0.0941. The zero-order valence-electron chi connectivity index (χ0n) is 13.2. The second-order valence-corrected chi connectivity index (χ2v) is 8.76. The van der Waals surface area contributed by atoms with Crippen molar-refractivity contribution in [1.82, 2.24) is 19.9 Å². The Hall–Kier alpha value is -2.49. The second kappa shape index (κ2) is 5.51. The first-order valence-corrected chi connectivity index (χ1v) is 9.82. The van der Waals surface area contributed by atoms with Crippen molar-refractivity contribution < 1.29 is 13.2 Å². The van der Waals surface area contributed by atoms with Crippen LogP contribution in [0.2, 0.25) is 0 Å². The van der Waals surface area contributed by atoms with Crippen LogP contribution in [0.4, 0.5) is 0 Å². The third-order valence-electron chi connectivity index (χ3n) is 4.52. The molecular formula is C15H16N4O5S. The summed E-state index contributed by atoms with van der Waals surface area (Å²) in [5.41, 5.74) is -0.678. The lowest BCUT2D eigenvalue weighted by Gasteiger charge is -2.12. The van der Waals surface area contributed by atoms with Gasteiger partial charge in [0.05, 0.1) is 22.5 Å². The normalized spacial score (nSPS) is 22.2. The van der Waals surface area contributed by atoms with Crippen molar-refractivity contribution >= 4 is 26.8 Å². The van der Waals surface area contributed by atoms with E-state index in [0.29, 0.717) is 6.42 Å². The first-order chi connectivity index (χ1) is 11.8. The molecule has 2 aromatic rings. The van der Waals surface area contributed by atoms with Gasteiger partial charge in [0.2, 0.25) is 0 Å². The van der Waals surface area contributed by atoms with E-state index in [-0.39, 0.29) is 34.1 Å². The van der Waals surface area contributed by atoms with Crippen LogP contribution in [0.15, 0.2) is 21.9 Å². The third-order valence-corrected chi connectivity index (χ3v) is 6.29. The van der Waals surface area contributed by atoms with Crippen molar-refractivity contribution in [1.29, 1.82) is 0 Å². The van der Waals surface area contributed by atoms with E-state index in [2.05, 4.69) is 15.3 Å². The number of nitrogens with zero attached hydrogens (tertiary/aromatic N) is 2. The molecule has 4 rings (SSSR count). The number of pyridine rings is 1. The van der Waals surface area contributed by atoms with E-state index in [1.54, 1.807) is 0 Å². The summed E-state index contributed by atoms with van der Waals surface area (Å²) in [4.78, 5) is 42.8. The van der Waals surface area contributed by atoms with Crippen LogP contribution in [0.1, 0.15) is 35.7 Å². The SMILES string of the molecule is O=C(N[C@H]1CCS(=O)(=O)C1)c1cnc2c(c1)c(=O)[nH]c(=O)n2C1CC1. The molecular weight excluding hydrogens is 348 g/mol. The fraction of sp³-hybridized carbons (Fsp3) is 0.467. The minimum Gasteiger partial charge on any atom is -0.348 e. The molecule has 0 spiro atoms. The van der Waals surface area contributed by atoms with Crippen molar-refractivity contribution in [3.05, 3.63) is 38.7 Å². The van der Waals surface area contributed by atoms with E-state index in [1.165, 1.54) is 16.8 Å². The molecule has 0 unspecified atom stereocenters. The first kappa shape index (κ1) is 16.0. The number of aromatic amines is 1. The number of carbonyl (C=O) groups is 1. The molecule has 0 radical (unpaired) electrons. The molecule has 0 bridgehead atoms. The molecule has 2 N–H and O–H groups in total. The molecule has 1 aliphatic heterocycles. The molecule has 1 atom stereocenters. The molecule has 2 aliphatic rings. The zero-order chi connectivity index (χ0) is 17.8. The Balaban J connectivity index is 1.68. The molecule has 1 saturated carbocycles. The molecule has 9 nitrogen and oxygen atoms in total. The average molecular weight is 364 g/mol. The molecule has 25 heavy (non-hydrogen) atoms. The van der Waals surface area contributed by atoms with Gasteiger partial charge < -0.3 is 5.32 Å². The molecule has 0 aromatic carbocycles. The Bertz CT molecular complexity index is 1100. The van der Waals surface area contributed by atoms with Gasteiger partial charge in [-0.05, 0) is 25.3 Å². The van der Waals surface area contributed by atoms with E-state index in [1.807, 2.05) is 0 Å². The van der Waals surface area contributed by atoms with Crippen molar-refractivity contribution in [3.8, 4) is 0 Å². The highest BCUT2D eigenvalue weighted by molar-refractivity contribution is 7.91. The fourth-order valence-electron chi connectivity index (χ4n) is 3.11. The van der Waals surface area contributed by atoms with Crippen molar-refractivity contribution in [2.24, 2.45) is 0 Å². The number of carbonyl (C=O) groups excluding carboxylic acids is 1. The van der Waals surface area contributed by atoms with E-state index in [4.69, 9.17) is 0 Å². The lowest BCUT2D eigenvalue weighted by Crippen LogP contribution is -2.36. The molecule has 2 aromatic heterocycles. The topological polar surface area (TPSA) is 131 Å². The minimum absolute atomic E-state index is 0.0303. The van der Waals surface area contributed by atoms with Gasteiger partial charge >= 0.3 is 5.69 Å². The third kappa shape index (κ3) is 2.97. The van der Waals surface area contributed by atoms with Gasteiger partial charge in [-0.15, -0.1) is 0 Å². The standard InChI is InChI=1S/C15H16N4O5S/c20-13(17-9-3-4-25(23,24)7-9)8-5-11-12(16-6-8)19(10-1-2-10)15(22)18-14(11)21/h5-6,9-10H,1-4,7H2,(H,17,20)(H,18,21,22)/t9-/m0/s1. The summed E-state index contributed by atoms with van der Waals surface area (Å²) in [7, 11) is -3.10. The summed E-state index contributed by atoms with van der Waals surface area (Å²) in [5, 5.41) is 2.82. The number of aromatic nitrogens is 3. The monoisotopic (exact) mass is 364 g/mol. The number of rotatable bonds is 3. The fourth-order valence-corrected chi connectivity index (χ4v) is 4.78. The van der Waals surface area contributed by atoms with Crippen LogP contribution in [0.3, 0.4) is 0 Å². The summed E-state index contributed by atoms with van der Waals surface area (Å²) < 4.78 is 24.4. The predicted molar refractivity (Wildman–Crippen MR) is 89.4 cm³/mol. The molecule has 3 heterocycles. The minimum atomic E-state index is -3.10. The Kier molecular flexibility index (Phi) is 3.53. The molecule has 132 valence electrons. The van der Waals surface area contributed by atoms with Gasteiger partial charge in [-0.1, -0.05) is 0 Å². The van der Waals surface area contributed by atoms with Gasteiger partial charge in [-0.2, -0.15) is 0 Å². The Morgan fingerprint density at radius 1 is 1.28 bits per heavy atom. The van der Waals surface area contributed by atoms with Crippen LogP contribution in [0.5, 0.6) is 0 Å². The maximum Gasteiger partial charge on any atom is 0.330 e. The predicted octanol–water partition coefficient (Wildman–Crippen LogP) is -0.663. The van der Waals surface area contributed by atoms with Crippen molar-refractivity contribution in [3.63, 3.8) is 0 Å². The molecule has 2 fully saturated rings. The maximum absolute atomic E-state index is 12.3. The van der Waals surface area contributed by atoms with E-state index in [9.17, 15) is 22.8 Å². The molecule has 1 aliphatic carbocycles. The summed E-state index contributed by atoms with van der Waals surface area (Å²) in [5.74, 6) is -0.511. The number of fused-ring (bicyclic) bond motifs is 1. The van der Waals surface area contributed by atoms with E-state index >= 15 is 0 Å². The zero-order valence-corrected chi connectivity index (χ0v) is 14.0. The van der Waals surface area contributed by atoms with E-state index < -0.39 is 33.0 Å². The number of hydrogen-bond donors (Lipinski definition) is 2. The summed E-state index contributed by atoms with van der Waals surface area (Å²) >= 11 is 0. The van der Waals surface area contributed by atoms with Crippen LogP contribution in [-0.2, 0) is 9.84 Å². The quantitative estimate of drug-likeness (QED) is 0.743. The Morgan fingerprint density at radius 3 is 2.68 bits per heavy atom.